The minimum Gasteiger partial charge on any atom is -0.388 e. The number of alkyl halides is 3. The van der Waals surface area contributed by atoms with E-state index < -0.39 is 17.8 Å². The Morgan fingerprint density at radius 3 is 2.48 bits per heavy atom. The average Bonchev–Trinajstić information content (AvgIpc) is 3.28. The number of hydrogen-bond donors (Lipinski definition) is 1. The lowest BCUT2D eigenvalue weighted by molar-refractivity contribution is -0.137. The number of aliphatic hydroxyl groups is 1. The topological polar surface area (TPSA) is 50.9 Å². The van der Waals surface area contributed by atoms with E-state index in [2.05, 4.69) is 10.2 Å². The van der Waals surface area contributed by atoms with Gasteiger partial charge < -0.3 is 9.67 Å². The number of halogens is 3. The first-order chi connectivity index (χ1) is 10.9. The van der Waals surface area contributed by atoms with Crippen molar-refractivity contribution in [3.05, 3.63) is 41.2 Å². The number of benzene rings is 1. The molecule has 3 rings (SSSR count). The Bertz CT molecular complexity index is 680. The molecule has 1 saturated carbocycles. The number of nitrogens with zero attached hydrogens (tertiary/aromatic N) is 3. The van der Waals surface area contributed by atoms with Gasteiger partial charge in [-0.15, -0.1) is 10.2 Å². The Hall–Kier alpha value is -1.54. The van der Waals surface area contributed by atoms with E-state index in [9.17, 15) is 18.3 Å². The Balaban J connectivity index is 1.62. The van der Waals surface area contributed by atoms with Crippen molar-refractivity contribution in [2.24, 2.45) is 7.05 Å². The Morgan fingerprint density at radius 2 is 1.91 bits per heavy atom. The fraction of sp³-hybridized carbons (Fsp3) is 0.467. The average molecular weight is 343 g/mol. The van der Waals surface area contributed by atoms with Gasteiger partial charge >= 0.3 is 6.18 Å². The molecule has 2 aromatic rings. The van der Waals surface area contributed by atoms with Gasteiger partial charge in [-0.2, -0.15) is 13.2 Å². The molecule has 23 heavy (non-hydrogen) atoms. The van der Waals surface area contributed by atoms with Crippen LogP contribution in [-0.4, -0.2) is 25.6 Å². The van der Waals surface area contributed by atoms with E-state index in [1.807, 2.05) is 11.6 Å². The monoisotopic (exact) mass is 343 g/mol. The second kappa shape index (κ2) is 6.16. The fourth-order valence-electron chi connectivity index (χ4n) is 2.29. The molecule has 0 amide bonds. The van der Waals surface area contributed by atoms with E-state index in [0.717, 1.165) is 30.8 Å². The smallest absolute Gasteiger partial charge is 0.388 e. The van der Waals surface area contributed by atoms with Crippen LogP contribution in [0.4, 0.5) is 13.2 Å². The fourth-order valence-corrected chi connectivity index (χ4v) is 3.18. The molecule has 4 nitrogen and oxygen atoms in total. The van der Waals surface area contributed by atoms with Crippen molar-refractivity contribution in [2.75, 3.05) is 5.75 Å². The van der Waals surface area contributed by atoms with Gasteiger partial charge in [0.15, 0.2) is 5.16 Å². The molecule has 0 bridgehead atoms. The van der Waals surface area contributed by atoms with Crippen molar-refractivity contribution in [3.8, 4) is 0 Å². The Kier molecular flexibility index (Phi) is 4.37. The highest BCUT2D eigenvalue weighted by atomic mass is 32.2. The van der Waals surface area contributed by atoms with E-state index in [4.69, 9.17) is 0 Å². The molecule has 124 valence electrons. The first kappa shape index (κ1) is 16.3. The SMILES string of the molecule is Cn1c(SCC(O)c2ccc(C(F)(F)F)cc2)nnc1C1CC1. The van der Waals surface area contributed by atoms with E-state index in [-0.39, 0.29) is 0 Å². The number of thioether (sulfide) groups is 1. The van der Waals surface area contributed by atoms with E-state index >= 15 is 0 Å². The largest absolute Gasteiger partial charge is 0.416 e. The van der Waals surface area contributed by atoms with Crippen LogP contribution in [0.2, 0.25) is 0 Å². The summed E-state index contributed by atoms with van der Waals surface area (Å²) >= 11 is 1.34. The van der Waals surface area contributed by atoms with Gasteiger partial charge in [0, 0.05) is 18.7 Å². The van der Waals surface area contributed by atoms with Crippen LogP contribution in [0.25, 0.3) is 0 Å². The summed E-state index contributed by atoms with van der Waals surface area (Å²) in [5.41, 5.74) is -0.265. The highest BCUT2D eigenvalue weighted by molar-refractivity contribution is 7.99. The maximum Gasteiger partial charge on any atom is 0.416 e. The van der Waals surface area contributed by atoms with Crippen molar-refractivity contribution in [1.29, 1.82) is 0 Å². The summed E-state index contributed by atoms with van der Waals surface area (Å²) in [5.74, 6) is 1.75. The van der Waals surface area contributed by atoms with E-state index in [0.29, 0.717) is 22.4 Å². The minimum absolute atomic E-state index is 0.308. The lowest BCUT2D eigenvalue weighted by Gasteiger charge is -2.12. The molecule has 8 heteroatoms. The summed E-state index contributed by atoms with van der Waals surface area (Å²) in [6.45, 7) is 0. The summed E-state index contributed by atoms with van der Waals surface area (Å²) in [5, 5.41) is 19.1. The first-order valence-corrected chi connectivity index (χ1v) is 8.22. The normalized spacial score (nSPS) is 16.6. The maximum atomic E-state index is 12.5. The molecule has 1 unspecified atom stereocenters. The third kappa shape index (κ3) is 3.69. The van der Waals surface area contributed by atoms with Crippen molar-refractivity contribution >= 4 is 11.8 Å². The predicted molar refractivity (Wildman–Crippen MR) is 80.1 cm³/mol. The van der Waals surface area contributed by atoms with Crippen molar-refractivity contribution in [3.63, 3.8) is 0 Å². The number of aromatic nitrogens is 3. The van der Waals surface area contributed by atoms with Crippen molar-refractivity contribution < 1.29 is 18.3 Å². The van der Waals surface area contributed by atoms with Gasteiger partial charge in [-0.25, -0.2) is 0 Å². The third-order valence-corrected chi connectivity index (χ3v) is 4.90. The van der Waals surface area contributed by atoms with Crippen LogP contribution in [0.3, 0.4) is 0 Å². The molecule has 0 radical (unpaired) electrons. The lowest BCUT2D eigenvalue weighted by Crippen LogP contribution is -2.06. The summed E-state index contributed by atoms with van der Waals surface area (Å²) < 4.78 is 39.5. The van der Waals surface area contributed by atoms with Crippen LogP contribution in [0, 0.1) is 0 Å². The standard InChI is InChI=1S/C15H16F3N3OS/c1-21-13(10-2-3-10)19-20-14(21)23-8-12(22)9-4-6-11(7-5-9)15(16,17)18/h4-7,10,12,22H,2-3,8H2,1H3. The van der Waals surface area contributed by atoms with Gasteiger partial charge in [-0.3, -0.25) is 0 Å². The van der Waals surface area contributed by atoms with Crippen molar-refractivity contribution in [1.82, 2.24) is 14.8 Å². The molecule has 0 spiro atoms. The second-order valence-corrected chi connectivity index (χ2v) is 6.61. The summed E-state index contributed by atoms with van der Waals surface area (Å²) in [7, 11) is 1.89. The zero-order chi connectivity index (χ0) is 16.6. The molecule has 1 heterocycles. The molecule has 1 atom stereocenters. The highest BCUT2D eigenvalue weighted by Crippen LogP contribution is 2.39. The Labute approximate surface area is 135 Å². The molecule has 1 aliphatic rings. The summed E-state index contributed by atoms with van der Waals surface area (Å²) in [6, 6.07) is 4.58. The molecule has 0 aliphatic heterocycles. The molecule has 1 aromatic heterocycles. The van der Waals surface area contributed by atoms with Gasteiger partial charge in [0.25, 0.3) is 0 Å². The number of rotatable bonds is 5. The van der Waals surface area contributed by atoms with Crippen molar-refractivity contribution in [2.45, 2.75) is 36.2 Å². The van der Waals surface area contributed by atoms with Crippen LogP contribution in [0.5, 0.6) is 0 Å². The first-order valence-electron chi connectivity index (χ1n) is 7.23. The second-order valence-electron chi connectivity index (χ2n) is 5.62. The van der Waals surface area contributed by atoms with Crippen LogP contribution in [0.15, 0.2) is 29.4 Å². The van der Waals surface area contributed by atoms with Crippen LogP contribution in [0.1, 0.15) is 41.8 Å². The molecule has 1 aliphatic carbocycles. The highest BCUT2D eigenvalue weighted by Gasteiger charge is 2.31. The number of aliphatic hydroxyl groups excluding tert-OH is 1. The molecule has 1 aromatic carbocycles. The van der Waals surface area contributed by atoms with Crippen LogP contribution >= 0.6 is 11.8 Å². The minimum atomic E-state index is -4.37. The zero-order valence-electron chi connectivity index (χ0n) is 12.4. The van der Waals surface area contributed by atoms with Gasteiger partial charge in [-0.05, 0) is 30.5 Å². The predicted octanol–water partition coefficient (Wildman–Crippen LogP) is 3.54. The van der Waals surface area contributed by atoms with Crippen LogP contribution in [-0.2, 0) is 13.2 Å². The molecule has 0 saturated heterocycles. The van der Waals surface area contributed by atoms with Crippen LogP contribution < -0.4 is 0 Å². The van der Waals surface area contributed by atoms with Gasteiger partial charge in [0.05, 0.1) is 11.7 Å². The lowest BCUT2D eigenvalue weighted by atomic mass is 10.1. The molecule has 1 N–H and O–H groups in total. The Morgan fingerprint density at radius 1 is 1.26 bits per heavy atom. The zero-order valence-corrected chi connectivity index (χ0v) is 13.2. The van der Waals surface area contributed by atoms with Gasteiger partial charge in [0.2, 0.25) is 0 Å². The quantitative estimate of drug-likeness (QED) is 0.844. The summed E-state index contributed by atoms with van der Waals surface area (Å²) in [4.78, 5) is 0. The van der Waals surface area contributed by atoms with E-state index in [1.54, 1.807) is 0 Å². The molecule has 1 fully saturated rings. The van der Waals surface area contributed by atoms with E-state index in [1.165, 1.54) is 23.9 Å². The van der Waals surface area contributed by atoms with Gasteiger partial charge in [0.1, 0.15) is 5.82 Å². The third-order valence-electron chi connectivity index (χ3n) is 3.80. The number of hydrogen-bond acceptors (Lipinski definition) is 4. The molecular weight excluding hydrogens is 327 g/mol. The van der Waals surface area contributed by atoms with Gasteiger partial charge in [-0.1, -0.05) is 23.9 Å². The maximum absolute atomic E-state index is 12.5. The molecular formula is C15H16F3N3OS. The summed E-state index contributed by atoms with van der Waals surface area (Å²) in [6.07, 6.45) is -2.96.